The number of benzene rings is 2. The second-order valence-electron chi connectivity index (χ2n) is 3.99. The van der Waals surface area contributed by atoms with Crippen molar-refractivity contribution >= 4 is 38.9 Å². The molecule has 0 saturated heterocycles. The molecule has 0 fully saturated rings. The monoisotopic (exact) mass is 323 g/mol. The maximum absolute atomic E-state index is 6.03. The van der Waals surface area contributed by atoms with Gasteiger partial charge in [-0.25, -0.2) is 0 Å². The highest BCUT2D eigenvalue weighted by molar-refractivity contribution is 9.10. The fraction of sp³-hybridized carbons (Fsp3) is 0.200. The Morgan fingerprint density at radius 1 is 1.11 bits per heavy atom. The Balaban J connectivity index is 2.48. The summed E-state index contributed by atoms with van der Waals surface area (Å²) in [7, 11) is 0. The van der Waals surface area contributed by atoms with E-state index in [1.807, 2.05) is 12.1 Å². The van der Waals surface area contributed by atoms with Gasteiger partial charge >= 0.3 is 0 Å². The largest absolute Gasteiger partial charge is 0.341 e. The molecule has 0 radical (unpaired) electrons. The van der Waals surface area contributed by atoms with Crippen molar-refractivity contribution in [1.82, 2.24) is 0 Å². The van der Waals surface area contributed by atoms with Crippen LogP contribution in [0, 0.1) is 0 Å². The Bertz CT molecular complexity index is 513. The number of alkyl halides is 1. The van der Waals surface area contributed by atoms with Gasteiger partial charge in [-0.15, -0.1) is 11.6 Å². The molecule has 0 unspecified atom stereocenters. The summed E-state index contributed by atoms with van der Waals surface area (Å²) in [4.78, 5) is 2.27. The number of hydrogen-bond acceptors (Lipinski definition) is 1. The molecule has 0 aliphatic carbocycles. The van der Waals surface area contributed by atoms with Gasteiger partial charge in [-0.05, 0) is 36.8 Å². The molecule has 0 spiro atoms. The summed E-state index contributed by atoms with van der Waals surface area (Å²) in [6, 6.07) is 16.6. The maximum atomic E-state index is 6.03. The second kappa shape index (κ2) is 6.26. The van der Waals surface area contributed by atoms with Crippen LogP contribution in [0.1, 0.15) is 12.5 Å². The third-order valence-corrected chi connectivity index (χ3v) is 3.65. The molecule has 2 aromatic rings. The molecule has 0 aliphatic heterocycles. The van der Waals surface area contributed by atoms with Crippen LogP contribution < -0.4 is 4.90 Å². The summed E-state index contributed by atoms with van der Waals surface area (Å²) in [6.07, 6.45) is 0. The molecule has 0 heterocycles. The third kappa shape index (κ3) is 2.88. The van der Waals surface area contributed by atoms with Crippen molar-refractivity contribution in [2.45, 2.75) is 12.8 Å². The molecule has 18 heavy (non-hydrogen) atoms. The van der Waals surface area contributed by atoms with E-state index < -0.39 is 0 Å². The summed E-state index contributed by atoms with van der Waals surface area (Å²) in [5.74, 6) is 0.520. The summed E-state index contributed by atoms with van der Waals surface area (Å²) >= 11 is 9.56. The van der Waals surface area contributed by atoms with E-state index in [2.05, 4.69) is 64.2 Å². The lowest BCUT2D eigenvalue weighted by atomic mass is 10.1. The van der Waals surface area contributed by atoms with Crippen molar-refractivity contribution in [2.75, 3.05) is 11.4 Å². The average molecular weight is 325 g/mol. The Labute approximate surface area is 122 Å². The van der Waals surface area contributed by atoms with Crippen LogP contribution in [0.3, 0.4) is 0 Å². The summed E-state index contributed by atoms with van der Waals surface area (Å²) < 4.78 is 1.07. The number of hydrogen-bond donors (Lipinski definition) is 0. The number of para-hydroxylation sites is 1. The molecule has 0 aliphatic rings. The van der Waals surface area contributed by atoms with E-state index in [0.717, 1.165) is 22.3 Å². The highest BCUT2D eigenvalue weighted by Gasteiger charge is 2.11. The van der Waals surface area contributed by atoms with Gasteiger partial charge in [0.15, 0.2) is 0 Å². The van der Waals surface area contributed by atoms with E-state index in [0.29, 0.717) is 5.88 Å². The topological polar surface area (TPSA) is 3.24 Å². The first-order chi connectivity index (χ1) is 8.76. The van der Waals surface area contributed by atoms with Gasteiger partial charge in [0.1, 0.15) is 0 Å². The van der Waals surface area contributed by atoms with Gasteiger partial charge in [0.25, 0.3) is 0 Å². The Morgan fingerprint density at radius 2 is 1.83 bits per heavy atom. The zero-order valence-corrected chi connectivity index (χ0v) is 12.6. The molecule has 0 bridgehead atoms. The van der Waals surface area contributed by atoms with Crippen LogP contribution in [-0.4, -0.2) is 6.54 Å². The fourth-order valence-corrected chi connectivity index (χ4v) is 2.58. The van der Waals surface area contributed by atoms with Crippen LogP contribution in [0.5, 0.6) is 0 Å². The lowest BCUT2D eigenvalue weighted by Crippen LogP contribution is -2.17. The number of rotatable bonds is 4. The lowest BCUT2D eigenvalue weighted by Gasteiger charge is -2.25. The van der Waals surface area contributed by atoms with Gasteiger partial charge < -0.3 is 4.90 Å². The molecular weight excluding hydrogens is 310 g/mol. The number of halogens is 2. The minimum atomic E-state index is 0.520. The van der Waals surface area contributed by atoms with Crippen molar-refractivity contribution in [1.29, 1.82) is 0 Å². The first kappa shape index (κ1) is 13.4. The van der Waals surface area contributed by atoms with Gasteiger partial charge in [-0.2, -0.15) is 0 Å². The first-order valence-corrected chi connectivity index (χ1v) is 7.26. The zero-order valence-electron chi connectivity index (χ0n) is 10.2. The fourth-order valence-electron chi connectivity index (χ4n) is 2.00. The smallest absolute Gasteiger partial charge is 0.0494 e. The maximum Gasteiger partial charge on any atom is 0.0494 e. The molecule has 1 nitrogen and oxygen atoms in total. The number of nitrogens with zero attached hydrogens (tertiary/aromatic N) is 1. The molecule has 2 rings (SSSR count). The molecule has 3 heteroatoms. The van der Waals surface area contributed by atoms with Gasteiger partial charge in [0, 0.05) is 28.3 Å². The molecule has 94 valence electrons. The SMILES string of the molecule is CCN(c1ccccc1)c1cc(Br)ccc1CCl. The van der Waals surface area contributed by atoms with Gasteiger partial charge in [-0.1, -0.05) is 40.2 Å². The molecule has 2 aromatic carbocycles. The molecule has 0 N–H and O–H groups in total. The summed E-state index contributed by atoms with van der Waals surface area (Å²) in [5, 5.41) is 0. The van der Waals surface area contributed by atoms with Gasteiger partial charge in [0.2, 0.25) is 0 Å². The van der Waals surface area contributed by atoms with Crippen molar-refractivity contribution in [3.63, 3.8) is 0 Å². The van der Waals surface area contributed by atoms with Crippen LogP contribution in [0.2, 0.25) is 0 Å². The molecule has 0 saturated carbocycles. The van der Waals surface area contributed by atoms with Crippen molar-refractivity contribution in [3.8, 4) is 0 Å². The quantitative estimate of drug-likeness (QED) is 0.686. The summed E-state index contributed by atoms with van der Waals surface area (Å²) in [6.45, 7) is 3.05. The van der Waals surface area contributed by atoms with Crippen LogP contribution >= 0.6 is 27.5 Å². The van der Waals surface area contributed by atoms with Crippen LogP contribution in [0.25, 0.3) is 0 Å². The van der Waals surface area contributed by atoms with Crippen LogP contribution in [0.15, 0.2) is 53.0 Å². The standard InChI is InChI=1S/C15H15BrClN/c1-2-18(14-6-4-3-5-7-14)15-10-13(16)9-8-12(15)11-17/h3-10H,2,11H2,1H3. The van der Waals surface area contributed by atoms with E-state index in [4.69, 9.17) is 11.6 Å². The zero-order chi connectivity index (χ0) is 13.0. The Morgan fingerprint density at radius 3 is 2.44 bits per heavy atom. The minimum Gasteiger partial charge on any atom is -0.341 e. The molecule has 0 amide bonds. The predicted octanol–water partition coefficient (Wildman–Crippen LogP) is 5.35. The highest BCUT2D eigenvalue weighted by atomic mass is 79.9. The van der Waals surface area contributed by atoms with E-state index in [9.17, 15) is 0 Å². The van der Waals surface area contributed by atoms with Gasteiger partial charge in [-0.3, -0.25) is 0 Å². The van der Waals surface area contributed by atoms with Crippen LogP contribution in [-0.2, 0) is 5.88 Å². The average Bonchev–Trinajstić information content (AvgIpc) is 2.41. The first-order valence-electron chi connectivity index (χ1n) is 5.93. The van der Waals surface area contributed by atoms with E-state index in [1.54, 1.807) is 0 Å². The predicted molar refractivity (Wildman–Crippen MR) is 82.8 cm³/mol. The number of anilines is 2. The Hall–Kier alpha value is -0.990. The van der Waals surface area contributed by atoms with Crippen molar-refractivity contribution < 1.29 is 0 Å². The van der Waals surface area contributed by atoms with Crippen LogP contribution in [0.4, 0.5) is 11.4 Å². The summed E-state index contributed by atoms with van der Waals surface area (Å²) in [5.41, 5.74) is 3.49. The molecule has 0 atom stereocenters. The van der Waals surface area contributed by atoms with Crippen molar-refractivity contribution in [3.05, 3.63) is 58.6 Å². The normalized spacial score (nSPS) is 10.4. The van der Waals surface area contributed by atoms with E-state index in [1.165, 1.54) is 5.69 Å². The van der Waals surface area contributed by atoms with Gasteiger partial charge in [0.05, 0.1) is 0 Å². The minimum absolute atomic E-state index is 0.520. The van der Waals surface area contributed by atoms with Crippen molar-refractivity contribution in [2.24, 2.45) is 0 Å². The molecular formula is C15H15BrClN. The molecule has 0 aromatic heterocycles. The van der Waals surface area contributed by atoms with E-state index >= 15 is 0 Å². The lowest BCUT2D eigenvalue weighted by molar-refractivity contribution is 1.01. The van der Waals surface area contributed by atoms with E-state index in [-0.39, 0.29) is 0 Å². The third-order valence-electron chi connectivity index (χ3n) is 2.87. The highest BCUT2D eigenvalue weighted by Crippen LogP contribution is 2.31. The Kier molecular flexibility index (Phi) is 4.67. The second-order valence-corrected chi connectivity index (χ2v) is 5.17.